The summed E-state index contributed by atoms with van der Waals surface area (Å²) in [6.07, 6.45) is -0.140. The standard InChI is InChI=1S/C18H19N3O5.ClH/c19-17(20)13-1-3-15(4-2-13)21-10-26-16(23)8-11-5-12(9-22)7-14(6-11)18(24)25;/h1-7,21-22H,8-10H2,(H3,19,20)(H,24,25);1H/p-1. The molecule has 0 aliphatic rings. The predicted molar refractivity (Wildman–Crippen MR) is 99.7 cm³/mol. The number of halogens is 1. The molecule has 2 rings (SSSR count). The van der Waals surface area contributed by atoms with Crippen molar-refractivity contribution < 1.29 is 24.5 Å². The number of carbonyl (C=O) groups excluding carboxylic acids is 2. The van der Waals surface area contributed by atoms with Gasteiger partial charge in [-0.2, -0.15) is 0 Å². The Labute approximate surface area is 161 Å². The Balaban J connectivity index is 0.00000364. The van der Waals surface area contributed by atoms with Crippen LogP contribution in [-0.4, -0.2) is 29.6 Å². The van der Waals surface area contributed by atoms with E-state index in [9.17, 15) is 14.7 Å². The molecule has 0 aromatic heterocycles. The van der Waals surface area contributed by atoms with Crippen molar-refractivity contribution in [3.05, 3.63) is 64.7 Å². The maximum atomic E-state index is 11.9. The number of carboxylic acids is 1. The predicted octanol–water partition coefficient (Wildman–Crippen LogP) is 0.404. The highest BCUT2D eigenvalue weighted by Gasteiger charge is 2.08. The highest BCUT2D eigenvalue weighted by molar-refractivity contribution is 5.95. The fraction of sp³-hybridized carbons (Fsp3) is 0.167. The number of esters is 1. The molecular formula is C18H19ClN3O5-. The Bertz CT molecular complexity index is 824. The topological polar surface area (TPSA) is 149 Å². The van der Waals surface area contributed by atoms with Crippen LogP contribution in [0.25, 0.3) is 0 Å². The third kappa shape index (κ3) is 6.61. The van der Waals surface area contributed by atoms with Crippen LogP contribution in [0.2, 0.25) is 0 Å². The van der Waals surface area contributed by atoms with E-state index >= 15 is 0 Å². The first-order valence-electron chi connectivity index (χ1n) is 7.68. The molecular weight excluding hydrogens is 374 g/mol. The Morgan fingerprint density at radius 1 is 1.11 bits per heavy atom. The smallest absolute Gasteiger partial charge is 0.311 e. The van der Waals surface area contributed by atoms with Crippen LogP contribution in [-0.2, 0) is 22.6 Å². The van der Waals surface area contributed by atoms with Gasteiger partial charge in [0.25, 0.3) is 0 Å². The lowest BCUT2D eigenvalue weighted by Crippen LogP contribution is -2.23. The van der Waals surface area contributed by atoms with Crippen LogP contribution in [0.3, 0.4) is 0 Å². The van der Waals surface area contributed by atoms with Crippen molar-refractivity contribution in [1.29, 1.82) is 5.41 Å². The lowest BCUT2D eigenvalue weighted by molar-refractivity contribution is -0.255. The number of hydrogen-bond acceptors (Lipinski definition) is 7. The number of carbonyl (C=O) groups is 2. The van der Waals surface area contributed by atoms with E-state index in [1.54, 1.807) is 24.3 Å². The largest absolute Gasteiger partial charge is 0.545 e. The van der Waals surface area contributed by atoms with Gasteiger partial charge in [-0.1, -0.05) is 6.07 Å². The number of ether oxygens (including phenoxy) is 1. The number of rotatable bonds is 8. The molecule has 9 heteroatoms. The molecule has 144 valence electrons. The Morgan fingerprint density at radius 3 is 2.30 bits per heavy atom. The second-order valence-electron chi connectivity index (χ2n) is 5.49. The Kier molecular flexibility index (Phi) is 8.25. The molecule has 8 nitrogen and oxygen atoms in total. The zero-order valence-corrected chi connectivity index (χ0v) is 15.0. The van der Waals surface area contributed by atoms with Gasteiger partial charge < -0.3 is 30.8 Å². The molecule has 0 saturated heterocycles. The van der Waals surface area contributed by atoms with Crippen LogP contribution in [0.15, 0.2) is 42.5 Å². The fourth-order valence-corrected chi connectivity index (χ4v) is 2.26. The molecule has 0 fully saturated rings. The molecule has 0 saturated carbocycles. The monoisotopic (exact) mass is 392 g/mol. The number of nitrogens with one attached hydrogen (secondary N) is 2. The molecule has 2 aromatic rings. The lowest BCUT2D eigenvalue weighted by atomic mass is 10.0. The van der Waals surface area contributed by atoms with Gasteiger partial charge in [0.2, 0.25) is 0 Å². The molecule has 0 unspecified atom stereocenters. The number of nitrogens with two attached hydrogens (primary N) is 1. The highest BCUT2D eigenvalue weighted by atomic mass is 35.5. The van der Waals surface area contributed by atoms with Crippen LogP contribution in [0.4, 0.5) is 5.69 Å². The van der Waals surface area contributed by atoms with E-state index in [2.05, 4.69) is 5.32 Å². The summed E-state index contributed by atoms with van der Waals surface area (Å²) < 4.78 is 5.06. The number of carboxylic acid groups (broad SMARTS) is 1. The lowest BCUT2D eigenvalue weighted by Gasteiger charge is -2.11. The molecule has 0 radical (unpaired) electrons. The SMILES string of the molecule is Cl.N=C(N)c1ccc(NCOC(=O)Cc2cc(CO)cc(C(=O)[O-])c2)cc1. The number of amidine groups is 1. The molecule has 2 aromatic carbocycles. The number of aromatic carboxylic acids is 1. The number of nitrogen functional groups attached to an aromatic ring is 1. The van der Waals surface area contributed by atoms with E-state index < -0.39 is 11.9 Å². The van der Waals surface area contributed by atoms with Crippen LogP contribution in [0, 0.1) is 5.41 Å². The minimum absolute atomic E-state index is 0. The molecule has 0 heterocycles. The van der Waals surface area contributed by atoms with Crippen molar-refractivity contribution >= 4 is 35.9 Å². The van der Waals surface area contributed by atoms with Crippen LogP contribution >= 0.6 is 12.4 Å². The van der Waals surface area contributed by atoms with Gasteiger partial charge in [-0.05, 0) is 53.1 Å². The van der Waals surface area contributed by atoms with Crippen molar-refractivity contribution in [1.82, 2.24) is 0 Å². The molecule has 0 amide bonds. The second-order valence-corrected chi connectivity index (χ2v) is 5.49. The van der Waals surface area contributed by atoms with Gasteiger partial charge in [0, 0.05) is 11.3 Å². The van der Waals surface area contributed by atoms with Gasteiger partial charge in [0.1, 0.15) is 5.84 Å². The summed E-state index contributed by atoms with van der Waals surface area (Å²) in [5.41, 5.74) is 7.31. The maximum absolute atomic E-state index is 11.9. The van der Waals surface area contributed by atoms with Crippen molar-refractivity contribution in [2.75, 3.05) is 12.0 Å². The first-order valence-corrected chi connectivity index (χ1v) is 7.68. The quantitative estimate of drug-likeness (QED) is 0.220. The number of benzene rings is 2. The summed E-state index contributed by atoms with van der Waals surface area (Å²) in [5, 5.41) is 30.3. The molecule has 0 aliphatic heterocycles. The van der Waals surface area contributed by atoms with E-state index in [4.69, 9.17) is 21.0 Å². The van der Waals surface area contributed by atoms with Gasteiger partial charge in [-0.15, -0.1) is 12.4 Å². The normalized spacial score (nSPS) is 9.81. The van der Waals surface area contributed by atoms with E-state index in [0.717, 1.165) is 0 Å². The minimum atomic E-state index is -1.38. The van der Waals surface area contributed by atoms with Gasteiger partial charge in [0.15, 0.2) is 6.73 Å². The Morgan fingerprint density at radius 2 is 1.74 bits per heavy atom. The number of aliphatic hydroxyl groups is 1. The van der Waals surface area contributed by atoms with Gasteiger partial charge >= 0.3 is 5.97 Å². The second kappa shape index (κ2) is 10.1. The van der Waals surface area contributed by atoms with E-state index in [1.807, 2.05) is 0 Å². The summed E-state index contributed by atoms with van der Waals surface area (Å²) in [5.74, 6) is -1.98. The molecule has 0 atom stereocenters. The fourth-order valence-electron chi connectivity index (χ4n) is 2.26. The molecule has 0 bridgehead atoms. The average Bonchev–Trinajstić information content (AvgIpc) is 2.61. The van der Waals surface area contributed by atoms with Crippen molar-refractivity contribution in [3.63, 3.8) is 0 Å². The van der Waals surface area contributed by atoms with Crippen molar-refractivity contribution in [3.8, 4) is 0 Å². The molecule has 27 heavy (non-hydrogen) atoms. The number of anilines is 1. The summed E-state index contributed by atoms with van der Waals surface area (Å²) in [6, 6.07) is 10.8. The first kappa shape index (κ1) is 21.9. The number of aliphatic hydroxyl groups excluding tert-OH is 1. The Hall–Kier alpha value is -3.10. The zero-order chi connectivity index (χ0) is 19.1. The van der Waals surface area contributed by atoms with Crippen LogP contribution < -0.4 is 16.2 Å². The summed E-state index contributed by atoms with van der Waals surface area (Å²) in [7, 11) is 0. The molecule has 0 aliphatic carbocycles. The molecule has 0 spiro atoms. The average molecular weight is 393 g/mol. The van der Waals surface area contributed by atoms with Gasteiger partial charge in [-0.3, -0.25) is 10.2 Å². The van der Waals surface area contributed by atoms with Crippen LogP contribution in [0.5, 0.6) is 0 Å². The summed E-state index contributed by atoms with van der Waals surface area (Å²) >= 11 is 0. The summed E-state index contributed by atoms with van der Waals surface area (Å²) in [4.78, 5) is 22.9. The van der Waals surface area contributed by atoms with Crippen LogP contribution in [0.1, 0.15) is 27.0 Å². The molecule has 5 N–H and O–H groups in total. The van der Waals surface area contributed by atoms with Gasteiger partial charge in [0.05, 0.1) is 19.0 Å². The van der Waals surface area contributed by atoms with Crippen molar-refractivity contribution in [2.24, 2.45) is 5.73 Å². The van der Waals surface area contributed by atoms with E-state index in [1.165, 1.54) is 18.2 Å². The summed E-state index contributed by atoms with van der Waals surface area (Å²) in [6.45, 7) is -0.424. The van der Waals surface area contributed by atoms with E-state index in [0.29, 0.717) is 22.4 Å². The van der Waals surface area contributed by atoms with Gasteiger partial charge in [-0.25, -0.2) is 0 Å². The third-order valence-electron chi connectivity index (χ3n) is 3.52. The number of hydrogen-bond donors (Lipinski definition) is 4. The highest BCUT2D eigenvalue weighted by Crippen LogP contribution is 2.12. The first-order chi connectivity index (χ1) is 12.4. The van der Waals surface area contributed by atoms with E-state index in [-0.39, 0.29) is 43.6 Å². The third-order valence-corrected chi connectivity index (χ3v) is 3.52. The maximum Gasteiger partial charge on any atom is 0.311 e. The minimum Gasteiger partial charge on any atom is -0.545 e. The zero-order valence-electron chi connectivity index (χ0n) is 14.2. The van der Waals surface area contributed by atoms with Crippen molar-refractivity contribution in [2.45, 2.75) is 13.0 Å².